The van der Waals surface area contributed by atoms with Gasteiger partial charge in [-0.05, 0) is 43.2 Å². The van der Waals surface area contributed by atoms with Crippen LogP contribution in [-0.2, 0) is 6.42 Å². The molecule has 1 aromatic carbocycles. The second kappa shape index (κ2) is 5.81. The number of imidazole rings is 1. The fourth-order valence-electron chi connectivity index (χ4n) is 3.45. The Bertz CT molecular complexity index is 636. The SMILES string of the molecule is CC1(C)CCC(n2c(CCCl)nc3cccc(Cl)c32)CC1. The Morgan fingerprint density at radius 1 is 1.29 bits per heavy atom. The summed E-state index contributed by atoms with van der Waals surface area (Å²) in [6.45, 7) is 4.73. The van der Waals surface area contributed by atoms with Crippen LogP contribution >= 0.6 is 23.2 Å². The van der Waals surface area contributed by atoms with Crippen LogP contribution in [0.1, 0.15) is 51.4 Å². The molecule has 3 rings (SSSR count). The lowest BCUT2D eigenvalue weighted by Gasteiger charge is -2.35. The van der Waals surface area contributed by atoms with Crippen molar-refractivity contribution in [2.24, 2.45) is 5.41 Å². The maximum Gasteiger partial charge on any atom is 0.111 e. The molecule has 0 N–H and O–H groups in total. The van der Waals surface area contributed by atoms with Crippen molar-refractivity contribution >= 4 is 34.2 Å². The summed E-state index contributed by atoms with van der Waals surface area (Å²) in [4.78, 5) is 4.77. The first-order valence-corrected chi connectivity index (χ1v) is 8.64. The first kappa shape index (κ1) is 15.2. The Balaban J connectivity index is 2.05. The first-order chi connectivity index (χ1) is 10.0. The summed E-state index contributed by atoms with van der Waals surface area (Å²) >= 11 is 12.4. The van der Waals surface area contributed by atoms with Crippen molar-refractivity contribution in [2.45, 2.75) is 52.0 Å². The van der Waals surface area contributed by atoms with Crippen molar-refractivity contribution in [2.75, 3.05) is 5.88 Å². The Kier molecular flexibility index (Phi) is 4.20. The molecule has 0 aliphatic heterocycles. The standard InChI is InChI=1S/C17H22Cl2N2/c1-17(2)9-6-12(7-10-17)21-15(8-11-18)20-14-5-3-4-13(19)16(14)21/h3-5,12H,6-11H2,1-2H3. The summed E-state index contributed by atoms with van der Waals surface area (Å²) in [6, 6.07) is 6.47. The second-order valence-electron chi connectivity index (χ2n) is 6.84. The molecule has 0 bridgehead atoms. The number of halogens is 2. The van der Waals surface area contributed by atoms with Gasteiger partial charge in [-0.15, -0.1) is 11.6 Å². The highest BCUT2D eigenvalue weighted by Gasteiger charge is 2.30. The number of hydrogen-bond donors (Lipinski definition) is 0. The molecule has 114 valence electrons. The molecular formula is C17H22Cl2N2. The van der Waals surface area contributed by atoms with Crippen molar-refractivity contribution in [3.8, 4) is 0 Å². The average molecular weight is 325 g/mol. The van der Waals surface area contributed by atoms with E-state index in [0.29, 0.717) is 17.3 Å². The molecule has 2 nitrogen and oxygen atoms in total. The highest BCUT2D eigenvalue weighted by atomic mass is 35.5. The van der Waals surface area contributed by atoms with Gasteiger partial charge in [0.05, 0.1) is 16.1 Å². The molecule has 4 heteroatoms. The lowest BCUT2D eigenvalue weighted by molar-refractivity contribution is 0.194. The molecule has 21 heavy (non-hydrogen) atoms. The normalized spacial score (nSPS) is 19.2. The van der Waals surface area contributed by atoms with Crippen LogP contribution in [-0.4, -0.2) is 15.4 Å². The monoisotopic (exact) mass is 324 g/mol. The average Bonchev–Trinajstić information content (AvgIpc) is 2.79. The molecular weight excluding hydrogens is 303 g/mol. The molecule has 1 fully saturated rings. The highest BCUT2D eigenvalue weighted by molar-refractivity contribution is 6.35. The van der Waals surface area contributed by atoms with E-state index >= 15 is 0 Å². The van der Waals surface area contributed by atoms with E-state index < -0.39 is 0 Å². The minimum absolute atomic E-state index is 0.462. The smallest absolute Gasteiger partial charge is 0.111 e. The Morgan fingerprint density at radius 2 is 2.00 bits per heavy atom. The van der Waals surface area contributed by atoms with Gasteiger partial charge in [0.2, 0.25) is 0 Å². The van der Waals surface area contributed by atoms with Gasteiger partial charge in [-0.3, -0.25) is 0 Å². The molecule has 1 aliphatic carbocycles. The van der Waals surface area contributed by atoms with Crippen LogP contribution in [0.25, 0.3) is 11.0 Å². The molecule has 1 aromatic heterocycles. The molecule has 1 heterocycles. The summed E-state index contributed by atoms with van der Waals surface area (Å²) in [5.74, 6) is 1.68. The molecule has 0 atom stereocenters. The van der Waals surface area contributed by atoms with Crippen molar-refractivity contribution in [3.63, 3.8) is 0 Å². The largest absolute Gasteiger partial charge is 0.324 e. The summed E-state index contributed by atoms with van der Waals surface area (Å²) in [7, 11) is 0. The number of fused-ring (bicyclic) bond motifs is 1. The molecule has 1 aliphatic rings. The van der Waals surface area contributed by atoms with Crippen LogP contribution in [0.3, 0.4) is 0 Å². The highest BCUT2D eigenvalue weighted by Crippen LogP contribution is 2.42. The zero-order valence-corrected chi connectivity index (χ0v) is 14.2. The number of benzene rings is 1. The molecule has 0 radical (unpaired) electrons. The zero-order valence-electron chi connectivity index (χ0n) is 12.7. The van der Waals surface area contributed by atoms with Crippen LogP contribution < -0.4 is 0 Å². The van der Waals surface area contributed by atoms with E-state index in [1.165, 1.54) is 25.7 Å². The van der Waals surface area contributed by atoms with E-state index in [9.17, 15) is 0 Å². The number of rotatable bonds is 3. The fourth-order valence-corrected chi connectivity index (χ4v) is 3.88. The van der Waals surface area contributed by atoms with E-state index in [2.05, 4.69) is 18.4 Å². The van der Waals surface area contributed by atoms with E-state index in [4.69, 9.17) is 28.2 Å². The predicted octanol–water partition coefficient (Wildman–Crippen LogP) is 5.61. The van der Waals surface area contributed by atoms with Gasteiger partial charge in [-0.1, -0.05) is 31.5 Å². The van der Waals surface area contributed by atoms with Crippen molar-refractivity contribution in [1.29, 1.82) is 0 Å². The minimum Gasteiger partial charge on any atom is -0.324 e. The second-order valence-corrected chi connectivity index (χ2v) is 7.63. The third-order valence-corrected chi connectivity index (χ3v) is 5.22. The van der Waals surface area contributed by atoms with Gasteiger partial charge in [0, 0.05) is 18.3 Å². The summed E-state index contributed by atoms with van der Waals surface area (Å²) in [6.07, 6.45) is 5.69. The number of hydrogen-bond acceptors (Lipinski definition) is 1. The van der Waals surface area contributed by atoms with Crippen LogP contribution in [0.5, 0.6) is 0 Å². The zero-order chi connectivity index (χ0) is 15.0. The van der Waals surface area contributed by atoms with Crippen molar-refractivity contribution in [1.82, 2.24) is 9.55 Å². The Hall–Kier alpha value is -0.730. The van der Waals surface area contributed by atoms with Crippen molar-refractivity contribution < 1.29 is 0 Å². The summed E-state index contributed by atoms with van der Waals surface area (Å²) in [5, 5.41) is 0.797. The van der Waals surface area contributed by atoms with Gasteiger partial charge in [-0.25, -0.2) is 4.98 Å². The van der Waals surface area contributed by atoms with Gasteiger partial charge in [0.15, 0.2) is 0 Å². The molecule has 0 unspecified atom stereocenters. The topological polar surface area (TPSA) is 17.8 Å². The summed E-state index contributed by atoms with van der Waals surface area (Å²) in [5.41, 5.74) is 2.54. The number of para-hydroxylation sites is 1. The lowest BCUT2D eigenvalue weighted by Crippen LogP contribution is -2.24. The van der Waals surface area contributed by atoms with Gasteiger partial charge in [0.1, 0.15) is 5.82 Å². The lowest BCUT2D eigenvalue weighted by atomic mass is 9.75. The van der Waals surface area contributed by atoms with Crippen LogP contribution in [0.2, 0.25) is 5.02 Å². The molecule has 2 aromatic rings. The van der Waals surface area contributed by atoms with E-state index in [1.807, 2.05) is 18.2 Å². The van der Waals surface area contributed by atoms with E-state index in [1.54, 1.807) is 0 Å². The maximum absolute atomic E-state index is 6.46. The van der Waals surface area contributed by atoms with Gasteiger partial charge >= 0.3 is 0 Å². The molecule has 0 amide bonds. The van der Waals surface area contributed by atoms with Crippen LogP contribution in [0, 0.1) is 5.41 Å². The van der Waals surface area contributed by atoms with Crippen molar-refractivity contribution in [3.05, 3.63) is 29.0 Å². The maximum atomic E-state index is 6.46. The third kappa shape index (κ3) is 2.93. The van der Waals surface area contributed by atoms with Crippen LogP contribution in [0.4, 0.5) is 0 Å². The van der Waals surface area contributed by atoms with E-state index in [-0.39, 0.29) is 0 Å². The molecule has 0 saturated heterocycles. The molecule has 1 saturated carbocycles. The van der Waals surface area contributed by atoms with Gasteiger partial charge in [0.25, 0.3) is 0 Å². The number of aromatic nitrogens is 2. The summed E-state index contributed by atoms with van der Waals surface area (Å²) < 4.78 is 2.37. The number of nitrogens with zero attached hydrogens (tertiary/aromatic N) is 2. The van der Waals surface area contributed by atoms with Gasteiger partial charge in [-0.2, -0.15) is 0 Å². The number of aryl methyl sites for hydroxylation is 1. The molecule has 0 spiro atoms. The fraction of sp³-hybridized carbons (Fsp3) is 0.588. The van der Waals surface area contributed by atoms with Gasteiger partial charge < -0.3 is 4.57 Å². The Morgan fingerprint density at radius 3 is 2.67 bits per heavy atom. The number of alkyl halides is 1. The first-order valence-electron chi connectivity index (χ1n) is 7.73. The third-order valence-electron chi connectivity index (χ3n) is 4.73. The predicted molar refractivity (Wildman–Crippen MR) is 90.5 cm³/mol. The van der Waals surface area contributed by atoms with E-state index in [0.717, 1.165) is 28.3 Å². The Labute approximate surface area is 136 Å². The quantitative estimate of drug-likeness (QED) is 0.670. The minimum atomic E-state index is 0.462. The van der Waals surface area contributed by atoms with Crippen LogP contribution in [0.15, 0.2) is 18.2 Å².